The van der Waals surface area contributed by atoms with E-state index in [-0.39, 0.29) is 17.2 Å². The van der Waals surface area contributed by atoms with Gasteiger partial charge in [-0.3, -0.25) is 20.2 Å². The molecule has 0 radical (unpaired) electrons. The Labute approximate surface area is 137 Å². The fraction of sp³-hybridized carbons (Fsp3) is 0.143. The van der Waals surface area contributed by atoms with Crippen molar-refractivity contribution >= 4 is 11.4 Å². The van der Waals surface area contributed by atoms with Crippen LogP contribution in [-0.4, -0.2) is 22.6 Å². The number of alkyl halides is 3. The van der Waals surface area contributed by atoms with Crippen LogP contribution >= 0.6 is 0 Å². The summed E-state index contributed by atoms with van der Waals surface area (Å²) >= 11 is 0. The summed E-state index contributed by atoms with van der Waals surface area (Å²) in [6, 6.07) is 7.90. The predicted molar refractivity (Wildman–Crippen MR) is 77.8 cm³/mol. The molecular formula is C14H9F3N2O6. The van der Waals surface area contributed by atoms with Crippen molar-refractivity contribution in [2.45, 2.75) is 6.18 Å². The van der Waals surface area contributed by atoms with Gasteiger partial charge in [-0.05, 0) is 18.2 Å². The number of hydrogen-bond acceptors (Lipinski definition) is 6. The summed E-state index contributed by atoms with van der Waals surface area (Å²) < 4.78 is 46.7. The predicted octanol–water partition coefficient (Wildman–Crippen LogP) is 4.24. The van der Waals surface area contributed by atoms with E-state index in [1.807, 2.05) is 0 Å². The standard InChI is InChI=1S/C14H9F3N2O6/c15-14(16,17)8-24-12-3-1-2-4-13(12)25-11-6-5-9(18(20)21)7-10(11)19(22)23/h1-7H,8H2. The van der Waals surface area contributed by atoms with Gasteiger partial charge >= 0.3 is 11.9 Å². The van der Waals surface area contributed by atoms with Crippen molar-refractivity contribution in [2.24, 2.45) is 0 Å². The van der Waals surface area contributed by atoms with Gasteiger partial charge in [-0.15, -0.1) is 0 Å². The maximum absolute atomic E-state index is 12.3. The summed E-state index contributed by atoms with van der Waals surface area (Å²) in [5.41, 5.74) is -1.24. The first kappa shape index (κ1) is 18.0. The van der Waals surface area contributed by atoms with Gasteiger partial charge in [0, 0.05) is 6.07 Å². The molecule has 0 aliphatic carbocycles. The summed E-state index contributed by atoms with van der Waals surface area (Å²) in [7, 11) is 0. The Morgan fingerprint density at radius 3 is 2.12 bits per heavy atom. The Hall–Kier alpha value is -3.37. The first-order valence-electron chi connectivity index (χ1n) is 6.56. The van der Waals surface area contributed by atoms with E-state index in [4.69, 9.17) is 4.74 Å². The molecular weight excluding hydrogens is 349 g/mol. The largest absolute Gasteiger partial charge is 0.480 e. The lowest BCUT2D eigenvalue weighted by molar-refractivity contribution is -0.394. The van der Waals surface area contributed by atoms with Gasteiger partial charge in [-0.25, -0.2) is 0 Å². The molecule has 0 saturated carbocycles. The molecule has 0 aromatic heterocycles. The minimum Gasteiger partial charge on any atom is -0.480 e. The van der Waals surface area contributed by atoms with Gasteiger partial charge in [0.15, 0.2) is 18.1 Å². The molecule has 0 amide bonds. The molecule has 0 spiro atoms. The number of benzene rings is 2. The molecule has 0 aliphatic heterocycles. The lowest BCUT2D eigenvalue weighted by atomic mass is 10.2. The third kappa shape index (κ3) is 4.80. The van der Waals surface area contributed by atoms with Gasteiger partial charge in [0.2, 0.25) is 5.75 Å². The summed E-state index contributed by atoms with van der Waals surface area (Å²) in [6.45, 7) is -1.57. The number of nitro benzene ring substituents is 2. The maximum Gasteiger partial charge on any atom is 0.422 e. The van der Waals surface area contributed by atoms with Crippen molar-refractivity contribution in [3.8, 4) is 17.2 Å². The number of para-hydroxylation sites is 2. The van der Waals surface area contributed by atoms with Crippen LogP contribution in [-0.2, 0) is 0 Å². The lowest BCUT2D eigenvalue weighted by Gasteiger charge is -2.13. The van der Waals surface area contributed by atoms with Crippen molar-refractivity contribution in [2.75, 3.05) is 6.61 Å². The SMILES string of the molecule is O=[N+]([O-])c1ccc(Oc2ccccc2OCC(F)(F)F)c([N+](=O)[O-])c1. The van der Waals surface area contributed by atoms with E-state index in [2.05, 4.69) is 4.74 Å². The number of halogens is 3. The highest BCUT2D eigenvalue weighted by atomic mass is 19.4. The molecule has 0 heterocycles. The molecule has 0 aliphatic rings. The number of hydrogen-bond donors (Lipinski definition) is 0. The Morgan fingerprint density at radius 1 is 0.920 bits per heavy atom. The maximum atomic E-state index is 12.3. The van der Waals surface area contributed by atoms with Crippen LogP contribution in [0.1, 0.15) is 0 Å². The smallest absolute Gasteiger partial charge is 0.422 e. The first-order chi connectivity index (χ1) is 11.7. The van der Waals surface area contributed by atoms with E-state index < -0.39 is 34.0 Å². The molecule has 2 aromatic carbocycles. The van der Waals surface area contributed by atoms with E-state index in [1.165, 1.54) is 24.3 Å². The van der Waals surface area contributed by atoms with Crippen LogP contribution in [0.25, 0.3) is 0 Å². The second-order valence-corrected chi connectivity index (χ2v) is 4.62. The molecule has 0 fully saturated rings. The molecule has 0 unspecified atom stereocenters. The summed E-state index contributed by atoms with van der Waals surface area (Å²) in [5, 5.41) is 21.7. The molecule has 0 bridgehead atoms. The quantitative estimate of drug-likeness (QED) is 0.565. The molecule has 11 heteroatoms. The van der Waals surface area contributed by atoms with Crippen molar-refractivity contribution < 1.29 is 32.5 Å². The van der Waals surface area contributed by atoms with E-state index in [0.717, 1.165) is 12.1 Å². The topological polar surface area (TPSA) is 105 Å². The summed E-state index contributed by atoms with van der Waals surface area (Å²) in [5.74, 6) is -0.866. The second-order valence-electron chi connectivity index (χ2n) is 4.62. The zero-order valence-corrected chi connectivity index (χ0v) is 12.2. The van der Waals surface area contributed by atoms with Crippen LogP contribution in [0.4, 0.5) is 24.5 Å². The van der Waals surface area contributed by atoms with Crippen LogP contribution in [0.5, 0.6) is 17.2 Å². The van der Waals surface area contributed by atoms with Gasteiger partial charge in [0.25, 0.3) is 5.69 Å². The number of ether oxygens (including phenoxy) is 2. The Morgan fingerprint density at radius 2 is 1.56 bits per heavy atom. The van der Waals surface area contributed by atoms with Crippen molar-refractivity contribution in [1.82, 2.24) is 0 Å². The molecule has 25 heavy (non-hydrogen) atoms. The lowest BCUT2D eigenvalue weighted by Crippen LogP contribution is -2.19. The van der Waals surface area contributed by atoms with Crippen molar-refractivity contribution in [1.29, 1.82) is 0 Å². The van der Waals surface area contributed by atoms with Gasteiger partial charge in [-0.2, -0.15) is 13.2 Å². The summed E-state index contributed by atoms with van der Waals surface area (Å²) in [6.07, 6.45) is -4.58. The van der Waals surface area contributed by atoms with Gasteiger partial charge in [0.05, 0.1) is 15.9 Å². The number of nitro groups is 2. The zero-order chi connectivity index (χ0) is 18.6. The summed E-state index contributed by atoms with van der Waals surface area (Å²) in [4.78, 5) is 20.0. The molecule has 132 valence electrons. The van der Waals surface area contributed by atoms with Crippen LogP contribution < -0.4 is 9.47 Å². The Kier molecular flexibility index (Phi) is 5.05. The Bertz CT molecular complexity index is 809. The molecule has 0 N–H and O–H groups in total. The third-order valence-electron chi connectivity index (χ3n) is 2.81. The highest BCUT2D eigenvalue weighted by Gasteiger charge is 2.29. The molecule has 2 rings (SSSR count). The van der Waals surface area contributed by atoms with Crippen LogP contribution in [0.2, 0.25) is 0 Å². The minimum absolute atomic E-state index is 0.205. The average molecular weight is 358 g/mol. The number of nitrogens with zero attached hydrogens (tertiary/aromatic N) is 2. The third-order valence-corrected chi connectivity index (χ3v) is 2.81. The zero-order valence-electron chi connectivity index (χ0n) is 12.2. The normalized spacial score (nSPS) is 11.0. The van der Waals surface area contributed by atoms with E-state index in [1.54, 1.807) is 0 Å². The monoisotopic (exact) mass is 358 g/mol. The number of rotatable bonds is 6. The first-order valence-corrected chi connectivity index (χ1v) is 6.56. The van der Waals surface area contributed by atoms with Gasteiger partial charge < -0.3 is 9.47 Å². The van der Waals surface area contributed by atoms with Gasteiger partial charge in [-0.1, -0.05) is 12.1 Å². The molecule has 0 atom stereocenters. The van der Waals surface area contributed by atoms with E-state index in [0.29, 0.717) is 6.07 Å². The van der Waals surface area contributed by atoms with E-state index >= 15 is 0 Å². The number of non-ortho nitro benzene ring substituents is 1. The van der Waals surface area contributed by atoms with Crippen molar-refractivity contribution in [3.63, 3.8) is 0 Å². The van der Waals surface area contributed by atoms with Crippen molar-refractivity contribution in [3.05, 3.63) is 62.7 Å². The van der Waals surface area contributed by atoms with Gasteiger partial charge in [0.1, 0.15) is 0 Å². The highest BCUT2D eigenvalue weighted by Crippen LogP contribution is 2.38. The average Bonchev–Trinajstić information content (AvgIpc) is 2.53. The second kappa shape index (κ2) is 7.03. The van der Waals surface area contributed by atoms with Crippen LogP contribution in [0.3, 0.4) is 0 Å². The Balaban J connectivity index is 2.34. The highest BCUT2D eigenvalue weighted by molar-refractivity contribution is 5.56. The fourth-order valence-electron chi connectivity index (χ4n) is 1.78. The molecule has 8 nitrogen and oxygen atoms in total. The fourth-order valence-corrected chi connectivity index (χ4v) is 1.78. The molecule has 2 aromatic rings. The van der Waals surface area contributed by atoms with E-state index in [9.17, 15) is 33.4 Å². The minimum atomic E-state index is -4.58. The van der Waals surface area contributed by atoms with Crippen LogP contribution in [0, 0.1) is 20.2 Å². The molecule has 0 saturated heterocycles. The van der Waals surface area contributed by atoms with Crippen LogP contribution in [0.15, 0.2) is 42.5 Å².